The van der Waals surface area contributed by atoms with Crippen LogP contribution in [0.5, 0.6) is 0 Å². The Morgan fingerprint density at radius 2 is 2.06 bits per heavy atom. The number of para-hydroxylation sites is 1. The number of carboxylic acid groups (broad SMARTS) is 1. The minimum atomic E-state index is -4.46. The molecule has 1 atom stereocenters. The molecule has 0 amide bonds. The average molecular weight is 257 g/mol. The fourth-order valence-electron chi connectivity index (χ4n) is 1.78. The summed E-state index contributed by atoms with van der Waals surface area (Å²) in [6, 6.07) is 5.21. The summed E-state index contributed by atoms with van der Waals surface area (Å²) >= 11 is 0. The van der Waals surface area contributed by atoms with Crippen LogP contribution in [0.4, 0.5) is 13.2 Å². The molecule has 0 saturated heterocycles. The zero-order valence-corrected chi connectivity index (χ0v) is 9.38. The fourth-order valence-corrected chi connectivity index (χ4v) is 1.78. The number of aromatic nitrogens is 1. The lowest BCUT2D eigenvalue weighted by Gasteiger charge is -2.07. The Balaban J connectivity index is 2.62. The molecule has 1 aromatic heterocycles. The zero-order valence-electron chi connectivity index (χ0n) is 9.38. The Kier molecular flexibility index (Phi) is 2.80. The van der Waals surface area contributed by atoms with Gasteiger partial charge in [0, 0.05) is 11.1 Å². The van der Waals surface area contributed by atoms with Gasteiger partial charge in [0.2, 0.25) is 0 Å². The molecule has 0 spiro atoms. The molecule has 0 aliphatic carbocycles. The summed E-state index contributed by atoms with van der Waals surface area (Å²) in [4.78, 5) is 13.4. The maximum atomic E-state index is 12.8. The predicted molar refractivity (Wildman–Crippen MR) is 59.4 cm³/mol. The van der Waals surface area contributed by atoms with Crippen LogP contribution in [0, 0.1) is 0 Å². The second kappa shape index (κ2) is 4.04. The summed E-state index contributed by atoms with van der Waals surface area (Å²) in [6.07, 6.45) is -4.46. The number of fused-ring (bicyclic) bond motifs is 1. The van der Waals surface area contributed by atoms with Gasteiger partial charge in [0.1, 0.15) is 0 Å². The van der Waals surface area contributed by atoms with Gasteiger partial charge in [-0.15, -0.1) is 0 Å². The maximum absolute atomic E-state index is 12.8. The summed E-state index contributed by atoms with van der Waals surface area (Å²) in [5.74, 6) is -1.96. The molecule has 2 aromatic rings. The Bertz CT molecular complexity index is 601. The molecular formula is C12H10F3NO2. The van der Waals surface area contributed by atoms with Crippen LogP contribution in [0.1, 0.15) is 24.1 Å². The van der Waals surface area contributed by atoms with Crippen LogP contribution in [-0.4, -0.2) is 16.1 Å². The molecule has 0 aliphatic heterocycles. The zero-order chi connectivity index (χ0) is 13.5. The van der Waals surface area contributed by atoms with E-state index in [0.29, 0.717) is 5.39 Å². The third kappa shape index (κ3) is 2.05. The van der Waals surface area contributed by atoms with E-state index in [1.165, 1.54) is 25.1 Å². The number of carbonyl (C=O) groups is 1. The third-order valence-corrected chi connectivity index (χ3v) is 2.82. The Morgan fingerprint density at radius 3 is 2.61 bits per heavy atom. The first kappa shape index (κ1) is 12.5. The van der Waals surface area contributed by atoms with Crippen molar-refractivity contribution in [3.05, 3.63) is 35.5 Å². The van der Waals surface area contributed by atoms with Gasteiger partial charge >= 0.3 is 12.1 Å². The standard InChI is InChI=1S/C12H10F3NO2/c1-6(11(17)18)9-5-7-3-2-4-8(10(7)16-9)12(13,14)15/h2-6,16H,1H3,(H,17,18). The van der Waals surface area contributed by atoms with Gasteiger partial charge in [-0.2, -0.15) is 13.2 Å². The van der Waals surface area contributed by atoms with E-state index in [1.54, 1.807) is 0 Å². The number of carboxylic acids is 1. The SMILES string of the molecule is CC(C(=O)O)c1cc2cccc(C(F)(F)F)c2[nH]1. The smallest absolute Gasteiger partial charge is 0.418 e. The number of nitrogens with one attached hydrogen (secondary N) is 1. The Morgan fingerprint density at radius 1 is 1.39 bits per heavy atom. The van der Waals surface area contributed by atoms with Crippen molar-refractivity contribution >= 4 is 16.9 Å². The van der Waals surface area contributed by atoms with Crippen molar-refractivity contribution < 1.29 is 23.1 Å². The molecule has 0 bridgehead atoms. The molecule has 0 fully saturated rings. The van der Waals surface area contributed by atoms with Crippen LogP contribution >= 0.6 is 0 Å². The highest BCUT2D eigenvalue weighted by atomic mass is 19.4. The van der Waals surface area contributed by atoms with Crippen molar-refractivity contribution in [3.63, 3.8) is 0 Å². The molecule has 96 valence electrons. The molecular weight excluding hydrogens is 247 g/mol. The third-order valence-electron chi connectivity index (χ3n) is 2.82. The molecule has 2 N–H and O–H groups in total. The normalized spacial score (nSPS) is 13.8. The van der Waals surface area contributed by atoms with Gasteiger partial charge in [0.05, 0.1) is 17.0 Å². The van der Waals surface area contributed by atoms with E-state index in [1.807, 2.05) is 0 Å². The van der Waals surface area contributed by atoms with E-state index in [-0.39, 0.29) is 11.2 Å². The van der Waals surface area contributed by atoms with Crippen LogP contribution in [0.25, 0.3) is 10.9 Å². The molecule has 0 aliphatic rings. The number of halogens is 3. The number of hydrogen-bond acceptors (Lipinski definition) is 1. The number of benzene rings is 1. The van der Waals surface area contributed by atoms with Crippen LogP contribution in [0.3, 0.4) is 0 Å². The van der Waals surface area contributed by atoms with Crippen molar-refractivity contribution in [2.24, 2.45) is 0 Å². The highest BCUT2D eigenvalue weighted by Gasteiger charge is 2.33. The van der Waals surface area contributed by atoms with Gasteiger partial charge in [-0.05, 0) is 19.1 Å². The number of hydrogen-bond donors (Lipinski definition) is 2. The van der Waals surface area contributed by atoms with Gasteiger partial charge in [-0.1, -0.05) is 12.1 Å². The lowest BCUT2D eigenvalue weighted by atomic mass is 10.1. The maximum Gasteiger partial charge on any atom is 0.418 e. The number of aliphatic carboxylic acids is 1. The molecule has 1 aromatic carbocycles. The second-order valence-corrected chi connectivity index (χ2v) is 4.05. The summed E-state index contributed by atoms with van der Waals surface area (Å²) in [7, 11) is 0. The summed E-state index contributed by atoms with van der Waals surface area (Å²) < 4.78 is 38.3. The highest BCUT2D eigenvalue weighted by Crippen LogP contribution is 2.35. The highest BCUT2D eigenvalue weighted by molar-refractivity contribution is 5.86. The first-order chi connectivity index (χ1) is 8.30. The number of H-pyrrole nitrogens is 1. The lowest BCUT2D eigenvalue weighted by Crippen LogP contribution is -2.08. The number of aromatic amines is 1. The first-order valence-corrected chi connectivity index (χ1v) is 5.22. The molecule has 1 heterocycles. The van der Waals surface area contributed by atoms with Crippen molar-refractivity contribution in [2.75, 3.05) is 0 Å². The molecule has 18 heavy (non-hydrogen) atoms. The molecule has 6 heteroatoms. The average Bonchev–Trinajstić information content (AvgIpc) is 2.69. The topological polar surface area (TPSA) is 53.1 Å². The largest absolute Gasteiger partial charge is 0.481 e. The minimum Gasteiger partial charge on any atom is -0.481 e. The molecule has 3 nitrogen and oxygen atoms in total. The molecule has 0 saturated carbocycles. The van der Waals surface area contributed by atoms with Crippen LogP contribution in [-0.2, 0) is 11.0 Å². The quantitative estimate of drug-likeness (QED) is 0.866. The van der Waals surface area contributed by atoms with E-state index >= 15 is 0 Å². The van der Waals surface area contributed by atoms with E-state index in [9.17, 15) is 18.0 Å². The summed E-state index contributed by atoms with van der Waals surface area (Å²) in [6.45, 7) is 1.42. The lowest BCUT2D eigenvalue weighted by molar-refractivity contribution is -0.138. The Labute approximate surface area is 100 Å². The van der Waals surface area contributed by atoms with Gasteiger partial charge in [-0.25, -0.2) is 0 Å². The van der Waals surface area contributed by atoms with Crippen molar-refractivity contribution in [2.45, 2.75) is 19.0 Å². The Hall–Kier alpha value is -1.98. The van der Waals surface area contributed by atoms with Crippen molar-refractivity contribution in [1.29, 1.82) is 0 Å². The van der Waals surface area contributed by atoms with Gasteiger partial charge in [0.25, 0.3) is 0 Å². The van der Waals surface area contributed by atoms with Crippen molar-refractivity contribution in [3.8, 4) is 0 Å². The fraction of sp³-hybridized carbons (Fsp3) is 0.250. The van der Waals surface area contributed by atoms with E-state index in [4.69, 9.17) is 5.11 Å². The van der Waals surface area contributed by atoms with Gasteiger partial charge in [0.15, 0.2) is 0 Å². The second-order valence-electron chi connectivity index (χ2n) is 4.05. The monoisotopic (exact) mass is 257 g/mol. The van der Waals surface area contributed by atoms with E-state index < -0.39 is 23.6 Å². The number of alkyl halides is 3. The minimum absolute atomic E-state index is 0.0758. The van der Waals surface area contributed by atoms with Crippen LogP contribution in [0.15, 0.2) is 24.3 Å². The van der Waals surface area contributed by atoms with Gasteiger partial charge < -0.3 is 10.1 Å². The van der Waals surface area contributed by atoms with Crippen LogP contribution < -0.4 is 0 Å². The van der Waals surface area contributed by atoms with Crippen LogP contribution in [0.2, 0.25) is 0 Å². The van der Waals surface area contributed by atoms with Crippen molar-refractivity contribution in [1.82, 2.24) is 4.98 Å². The van der Waals surface area contributed by atoms with E-state index in [2.05, 4.69) is 4.98 Å². The predicted octanol–water partition coefficient (Wildman–Crippen LogP) is 3.37. The van der Waals surface area contributed by atoms with E-state index in [0.717, 1.165) is 6.07 Å². The molecule has 2 rings (SSSR count). The first-order valence-electron chi connectivity index (χ1n) is 5.22. The van der Waals surface area contributed by atoms with Gasteiger partial charge in [-0.3, -0.25) is 4.79 Å². The number of rotatable bonds is 2. The molecule has 1 unspecified atom stereocenters. The summed E-state index contributed by atoms with van der Waals surface area (Å²) in [5, 5.41) is 9.20. The molecule has 0 radical (unpaired) electrons. The summed E-state index contributed by atoms with van der Waals surface area (Å²) in [5.41, 5.74) is -0.605.